The van der Waals surface area contributed by atoms with E-state index >= 15 is 0 Å². The lowest BCUT2D eigenvalue weighted by Crippen LogP contribution is -2.33. The van der Waals surface area contributed by atoms with Crippen LogP contribution in [0.1, 0.15) is 38.1 Å². The van der Waals surface area contributed by atoms with E-state index < -0.39 is 0 Å². The number of ether oxygens (including phenoxy) is 1. The number of carbonyl (C=O) groups excluding carboxylic acids is 1. The summed E-state index contributed by atoms with van der Waals surface area (Å²) in [5.74, 6) is 2.36. The highest BCUT2D eigenvalue weighted by Crippen LogP contribution is 2.22. The van der Waals surface area contributed by atoms with Gasteiger partial charge in [0, 0.05) is 6.20 Å². The monoisotopic (exact) mass is 346 g/mol. The van der Waals surface area contributed by atoms with E-state index in [9.17, 15) is 4.79 Å². The van der Waals surface area contributed by atoms with Crippen LogP contribution >= 0.6 is 11.8 Å². The molecule has 128 valence electrons. The van der Waals surface area contributed by atoms with Gasteiger partial charge in [-0.15, -0.1) is 10.2 Å². The topological polar surface area (TPSA) is 68.5 Å². The quantitative estimate of drug-likeness (QED) is 0.871. The maximum atomic E-state index is 12.7. The molecule has 0 saturated carbocycles. The van der Waals surface area contributed by atoms with Crippen molar-refractivity contribution < 1.29 is 9.53 Å². The number of pyridine rings is 1. The van der Waals surface area contributed by atoms with Crippen LogP contribution in [0.3, 0.4) is 0 Å². The van der Waals surface area contributed by atoms with Crippen molar-refractivity contribution in [3.05, 3.63) is 41.6 Å². The Morgan fingerprint density at radius 3 is 3.12 bits per heavy atom. The molecule has 1 unspecified atom stereocenters. The first kappa shape index (κ1) is 16.8. The first-order valence-corrected chi connectivity index (χ1v) is 9.52. The summed E-state index contributed by atoms with van der Waals surface area (Å²) < 4.78 is 7.45. The summed E-state index contributed by atoms with van der Waals surface area (Å²) in [5.41, 5.74) is 1.52. The molecule has 7 heteroatoms. The molecule has 1 atom stereocenters. The number of fused-ring (bicyclic) bond motifs is 1. The minimum atomic E-state index is -0.176. The fourth-order valence-electron chi connectivity index (χ4n) is 2.86. The van der Waals surface area contributed by atoms with Gasteiger partial charge in [0.25, 0.3) is 5.91 Å². The van der Waals surface area contributed by atoms with E-state index in [0.29, 0.717) is 6.61 Å². The van der Waals surface area contributed by atoms with E-state index in [0.717, 1.165) is 47.8 Å². The Morgan fingerprint density at radius 2 is 2.33 bits per heavy atom. The zero-order valence-corrected chi connectivity index (χ0v) is 14.8. The lowest BCUT2D eigenvalue weighted by Gasteiger charge is -2.22. The molecule has 0 radical (unpaired) electrons. The summed E-state index contributed by atoms with van der Waals surface area (Å²) in [6, 6.07) is 5.60. The highest BCUT2D eigenvalue weighted by atomic mass is 32.2. The SMILES string of the molecule is CSCCC(NC(=O)C1=C(C)OCCC1)c1nnc2ccccn12. The van der Waals surface area contributed by atoms with Crippen LogP contribution in [0.25, 0.3) is 5.65 Å². The van der Waals surface area contributed by atoms with Gasteiger partial charge in [0.15, 0.2) is 11.5 Å². The molecule has 24 heavy (non-hydrogen) atoms. The van der Waals surface area contributed by atoms with Crippen molar-refractivity contribution in [1.82, 2.24) is 19.9 Å². The third-order valence-electron chi connectivity index (χ3n) is 4.16. The molecule has 0 fully saturated rings. The molecule has 0 saturated heterocycles. The van der Waals surface area contributed by atoms with Crippen LogP contribution in [0.4, 0.5) is 0 Å². The van der Waals surface area contributed by atoms with Gasteiger partial charge in [0.1, 0.15) is 5.76 Å². The number of nitrogens with zero attached hydrogens (tertiary/aromatic N) is 3. The normalized spacial score (nSPS) is 16.1. The van der Waals surface area contributed by atoms with Gasteiger partial charge in [-0.1, -0.05) is 6.07 Å². The van der Waals surface area contributed by atoms with E-state index in [4.69, 9.17) is 4.74 Å². The molecule has 1 N–H and O–H groups in total. The van der Waals surface area contributed by atoms with Crippen LogP contribution in [0, 0.1) is 0 Å². The molecular formula is C17H22N4O2S. The molecule has 0 aromatic carbocycles. The largest absolute Gasteiger partial charge is 0.498 e. The second-order valence-corrected chi connectivity index (χ2v) is 6.77. The number of allylic oxidation sites excluding steroid dienone is 1. The van der Waals surface area contributed by atoms with Gasteiger partial charge < -0.3 is 10.1 Å². The smallest absolute Gasteiger partial charge is 0.251 e. The fourth-order valence-corrected chi connectivity index (χ4v) is 3.33. The Kier molecular flexibility index (Phi) is 5.40. The first-order valence-electron chi connectivity index (χ1n) is 8.12. The van der Waals surface area contributed by atoms with Crippen molar-refractivity contribution in [3.8, 4) is 0 Å². The van der Waals surface area contributed by atoms with Gasteiger partial charge >= 0.3 is 0 Å². The van der Waals surface area contributed by atoms with E-state index in [1.807, 2.05) is 35.7 Å². The second kappa shape index (κ2) is 7.70. The van der Waals surface area contributed by atoms with E-state index in [1.54, 1.807) is 11.8 Å². The minimum absolute atomic E-state index is 0.0639. The number of amides is 1. The number of carbonyl (C=O) groups is 1. The van der Waals surface area contributed by atoms with Crippen molar-refractivity contribution in [2.45, 2.75) is 32.2 Å². The van der Waals surface area contributed by atoms with Crippen LogP contribution in [-0.4, -0.2) is 39.1 Å². The number of thioether (sulfide) groups is 1. The lowest BCUT2D eigenvalue weighted by molar-refractivity contribution is -0.119. The minimum Gasteiger partial charge on any atom is -0.498 e. The third-order valence-corrected chi connectivity index (χ3v) is 4.80. The zero-order valence-electron chi connectivity index (χ0n) is 14.0. The molecule has 0 spiro atoms. The Labute approximate surface area is 145 Å². The highest BCUT2D eigenvalue weighted by molar-refractivity contribution is 7.98. The molecule has 3 heterocycles. The molecule has 0 bridgehead atoms. The van der Waals surface area contributed by atoms with Crippen molar-refractivity contribution in [2.75, 3.05) is 18.6 Å². The molecule has 1 aliphatic heterocycles. The predicted molar refractivity (Wildman–Crippen MR) is 94.8 cm³/mol. The summed E-state index contributed by atoms with van der Waals surface area (Å²) >= 11 is 1.75. The van der Waals surface area contributed by atoms with Crippen molar-refractivity contribution in [3.63, 3.8) is 0 Å². The summed E-state index contributed by atoms with van der Waals surface area (Å²) in [7, 11) is 0. The van der Waals surface area contributed by atoms with Gasteiger partial charge in [-0.2, -0.15) is 11.8 Å². The average Bonchev–Trinajstić information content (AvgIpc) is 3.03. The molecule has 1 amide bonds. The highest BCUT2D eigenvalue weighted by Gasteiger charge is 2.24. The van der Waals surface area contributed by atoms with Gasteiger partial charge in [-0.3, -0.25) is 9.20 Å². The van der Waals surface area contributed by atoms with Gasteiger partial charge in [-0.25, -0.2) is 0 Å². The van der Waals surface area contributed by atoms with Crippen LogP contribution in [0.5, 0.6) is 0 Å². The van der Waals surface area contributed by atoms with Crippen LogP contribution in [0.15, 0.2) is 35.7 Å². The second-order valence-electron chi connectivity index (χ2n) is 5.78. The molecule has 0 aliphatic carbocycles. The van der Waals surface area contributed by atoms with Gasteiger partial charge in [0.05, 0.1) is 18.2 Å². The van der Waals surface area contributed by atoms with E-state index in [-0.39, 0.29) is 11.9 Å². The summed E-state index contributed by atoms with van der Waals surface area (Å²) in [4.78, 5) is 12.7. The Hall–Kier alpha value is -2.02. The lowest BCUT2D eigenvalue weighted by atomic mass is 10.1. The number of aromatic nitrogens is 3. The summed E-state index contributed by atoms with van der Waals surface area (Å²) in [6.07, 6.45) is 6.42. The van der Waals surface area contributed by atoms with E-state index in [2.05, 4.69) is 21.8 Å². The van der Waals surface area contributed by atoms with Gasteiger partial charge in [-0.05, 0) is 50.3 Å². The van der Waals surface area contributed by atoms with E-state index in [1.165, 1.54) is 0 Å². The maximum Gasteiger partial charge on any atom is 0.251 e. The first-order chi connectivity index (χ1) is 11.7. The number of hydrogen-bond acceptors (Lipinski definition) is 5. The Balaban J connectivity index is 1.85. The predicted octanol–water partition coefficient (Wildman–Crippen LogP) is 2.72. The average molecular weight is 346 g/mol. The van der Waals surface area contributed by atoms with Crippen molar-refractivity contribution >= 4 is 23.3 Å². The summed E-state index contributed by atoms with van der Waals surface area (Å²) in [5, 5.41) is 11.6. The molecule has 1 aliphatic rings. The molecule has 2 aromatic rings. The molecule has 6 nitrogen and oxygen atoms in total. The summed E-state index contributed by atoms with van der Waals surface area (Å²) in [6.45, 7) is 2.55. The number of hydrogen-bond donors (Lipinski definition) is 1. The maximum absolute atomic E-state index is 12.7. The number of rotatable bonds is 6. The molecular weight excluding hydrogens is 324 g/mol. The van der Waals surface area contributed by atoms with Crippen molar-refractivity contribution in [1.29, 1.82) is 0 Å². The Bertz CT molecular complexity index is 756. The third kappa shape index (κ3) is 3.56. The van der Waals surface area contributed by atoms with Crippen molar-refractivity contribution in [2.24, 2.45) is 0 Å². The molecule has 3 rings (SSSR count). The van der Waals surface area contributed by atoms with Gasteiger partial charge in [0.2, 0.25) is 0 Å². The van der Waals surface area contributed by atoms with Crippen LogP contribution in [0.2, 0.25) is 0 Å². The Morgan fingerprint density at radius 1 is 1.46 bits per heavy atom. The van der Waals surface area contributed by atoms with Crippen LogP contribution < -0.4 is 5.32 Å². The van der Waals surface area contributed by atoms with Crippen LogP contribution in [-0.2, 0) is 9.53 Å². The number of nitrogens with one attached hydrogen (secondary N) is 1. The zero-order chi connectivity index (χ0) is 16.9. The fraction of sp³-hybridized carbons (Fsp3) is 0.471. The standard InChI is InChI=1S/C17H22N4O2S/c1-12-13(6-5-10-23-12)17(22)18-14(8-11-24-2)16-20-19-15-7-3-4-9-21(15)16/h3-4,7,9,14H,5-6,8,10-11H2,1-2H3,(H,18,22). The molecule has 2 aromatic heterocycles.